The van der Waals surface area contributed by atoms with Gasteiger partial charge >= 0.3 is 0 Å². The standard InChI is InChI=1S/C24H18ClN5O4S/c25-18-10-6-17(7-11-18)23-28-29-24(35-23)27-22(32)20(14-15-4-2-1-3-5-15)26-21(31)16-8-12-19(13-9-16)30(33)34/h1-13,20H,14H2,(H,26,31)(H,27,29,32)/t20-/m0/s1. The second-order valence-electron chi connectivity index (χ2n) is 7.43. The van der Waals surface area contributed by atoms with E-state index in [9.17, 15) is 19.7 Å². The number of halogens is 1. The summed E-state index contributed by atoms with van der Waals surface area (Å²) in [6.45, 7) is 0. The lowest BCUT2D eigenvalue weighted by Crippen LogP contribution is -2.45. The van der Waals surface area contributed by atoms with Crippen molar-refractivity contribution in [1.29, 1.82) is 0 Å². The minimum atomic E-state index is -0.928. The third-order valence-electron chi connectivity index (χ3n) is 4.99. The van der Waals surface area contributed by atoms with Crippen LogP contribution in [0.5, 0.6) is 0 Å². The third kappa shape index (κ3) is 6.25. The molecule has 0 radical (unpaired) electrons. The highest BCUT2D eigenvalue weighted by Gasteiger charge is 2.24. The smallest absolute Gasteiger partial charge is 0.269 e. The van der Waals surface area contributed by atoms with E-state index in [0.29, 0.717) is 10.0 Å². The first-order valence-corrected chi connectivity index (χ1v) is 11.6. The summed E-state index contributed by atoms with van der Waals surface area (Å²) in [5, 5.41) is 25.9. The number of nitro benzene ring substituents is 1. The number of aromatic nitrogens is 2. The highest BCUT2D eigenvalue weighted by atomic mass is 35.5. The molecule has 0 aliphatic heterocycles. The summed E-state index contributed by atoms with van der Waals surface area (Å²) < 4.78 is 0. The van der Waals surface area contributed by atoms with E-state index in [1.54, 1.807) is 24.3 Å². The molecule has 0 aliphatic rings. The third-order valence-corrected chi connectivity index (χ3v) is 6.13. The molecule has 0 saturated carbocycles. The lowest BCUT2D eigenvalue weighted by Gasteiger charge is -2.18. The number of rotatable bonds is 8. The number of nitrogens with one attached hydrogen (secondary N) is 2. The molecule has 1 aromatic heterocycles. The monoisotopic (exact) mass is 507 g/mol. The van der Waals surface area contributed by atoms with E-state index >= 15 is 0 Å². The van der Waals surface area contributed by atoms with Crippen LogP contribution in [0.4, 0.5) is 10.8 Å². The number of hydrogen-bond acceptors (Lipinski definition) is 7. The van der Waals surface area contributed by atoms with Gasteiger partial charge in [0.1, 0.15) is 11.0 Å². The molecule has 35 heavy (non-hydrogen) atoms. The molecule has 0 bridgehead atoms. The van der Waals surface area contributed by atoms with Crippen molar-refractivity contribution in [2.45, 2.75) is 12.5 Å². The summed E-state index contributed by atoms with van der Waals surface area (Å²) in [7, 11) is 0. The lowest BCUT2D eigenvalue weighted by molar-refractivity contribution is -0.384. The van der Waals surface area contributed by atoms with Crippen LogP contribution >= 0.6 is 22.9 Å². The van der Waals surface area contributed by atoms with Crippen LogP contribution in [0, 0.1) is 10.1 Å². The summed E-state index contributed by atoms with van der Waals surface area (Å²) in [6.07, 6.45) is 0.230. The Labute approximate surface area is 208 Å². The van der Waals surface area contributed by atoms with Crippen molar-refractivity contribution in [2.24, 2.45) is 0 Å². The van der Waals surface area contributed by atoms with Gasteiger partial charge in [0.25, 0.3) is 11.6 Å². The summed E-state index contributed by atoms with van der Waals surface area (Å²) in [4.78, 5) is 36.2. The van der Waals surface area contributed by atoms with E-state index in [1.165, 1.54) is 35.6 Å². The predicted octanol–water partition coefficient (Wildman–Crippen LogP) is 4.75. The predicted molar refractivity (Wildman–Crippen MR) is 133 cm³/mol. The SMILES string of the molecule is O=C(N[C@@H](Cc1ccccc1)C(=O)Nc1nnc(-c2ccc(Cl)cc2)s1)c1ccc([N+](=O)[O-])cc1. The van der Waals surface area contributed by atoms with Gasteiger partial charge in [0, 0.05) is 34.7 Å². The van der Waals surface area contributed by atoms with Gasteiger partial charge < -0.3 is 5.32 Å². The number of benzene rings is 3. The van der Waals surface area contributed by atoms with Gasteiger partial charge in [0.05, 0.1) is 4.92 Å². The Balaban J connectivity index is 1.50. The van der Waals surface area contributed by atoms with Crippen LogP contribution in [-0.2, 0) is 11.2 Å². The summed E-state index contributed by atoms with van der Waals surface area (Å²) in [5.41, 5.74) is 1.71. The van der Waals surface area contributed by atoms with Gasteiger partial charge in [-0.3, -0.25) is 25.0 Å². The van der Waals surface area contributed by atoms with E-state index in [4.69, 9.17) is 11.6 Å². The minimum Gasteiger partial charge on any atom is -0.340 e. The highest BCUT2D eigenvalue weighted by Crippen LogP contribution is 2.27. The fraction of sp³-hybridized carbons (Fsp3) is 0.0833. The minimum absolute atomic E-state index is 0.132. The van der Waals surface area contributed by atoms with Crippen LogP contribution in [0.2, 0.25) is 5.02 Å². The molecule has 1 heterocycles. The van der Waals surface area contributed by atoms with Gasteiger partial charge in [-0.2, -0.15) is 0 Å². The molecule has 9 nitrogen and oxygen atoms in total. The molecule has 4 rings (SSSR count). The van der Waals surface area contributed by atoms with E-state index in [1.807, 2.05) is 30.3 Å². The first-order chi connectivity index (χ1) is 16.9. The summed E-state index contributed by atoms with van der Waals surface area (Å²) in [6, 6.07) is 20.5. The average Bonchev–Trinajstić information content (AvgIpc) is 3.33. The number of nitrogens with zero attached hydrogens (tertiary/aromatic N) is 3. The van der Waals surface area contributed by atoms with E-state index in [2.05, 4.69) is 20.8 Å². The topological polar surface area (TPSA) is 127 Å². The molecule has 0 aliphatic carbocycles. The molecule has 2 amide bonds. The summed E-state index contributed by atoms with van der Waals surface area (Å²) in [5.74, 6) is -1.00. The van der Waals surface area contributed by atoms with Gasteiger partial charge in [-0.25, -0.2) is 0 Å². The van der Waals surface area contributed by atoms with Crippen molar-refractivity contribution in [3.05, 3.63) is 105 Å². The van der Waals surface area contributed by atoms with E-state index < -0.39 is 22.8 Å². The second-order valence-corrected chi connectivity index (χ2v) is 8.84. The fourth-order valence-corrected chi connectivity index (χ4v) is 4.09. The quantitative estimate of drug-likeness (QED) is 0.262. The van der Waals surface area contributed by atoms with Crippen LogP contribution in [0.15, 0.2) is 78.9 Å². The highest BCUT2D eigenvalue weighted by molar-refractivity contribution is 7.18. The molecular formula is C24H18ClN5O4S. The van der Waals surface area contributed by atoms with Gasteiger partial charge in [0.15, 0.2) is 0 Å². The van der Waals surface area contributed by atoms with E-state index in [-0.39, 0.29) is 22.8 Å². The Morgan fingerprint density at radius 3 is 2.31 bits per heavy atom. The maximum atomic E-state index is 13.1. The number of nitro groups is 1. The van der Waals surface area contributed by atoms with Gasteiger partial charge in [0.2, 0.25) is 11.0 Å². The molecule has 2 N–H and O–H groups in total. The van der Waals surface area contributed by atoms with E-state index in [0.717, 1.165) is 11.1 Å². The van der Waals surface area contributed by atoms with Crippen molar-refractivity contribution in [1.82, 2.24) is 15.5 Å². The molecule has 1 atom stereocenters. The zero-order chi connectivity index (χ0) is 24.8. The van der Waals surface area contributed by atoms with Crippen LogP contribution in [0.25, 0.3) is 10.6 Å². The molecule has 176 valence electrons. The number of carbonyl (C=O) groups is 2. The van der Waals surface area contributed by atoms with Crippen LogP contribution in [-0.4, -0.2) is 33.0 Å². The first kappa shape index (κ1) is 24.0. The Hall–Kier alpha value is -4.15. The second kappa shape index (κ2) is 10.9. The average molecular weight is 508 g/mol. The first-order valence-electron chi connectivity index (χ1n) is 10.4. The molecule has 0 unspecified atom stereocenters. The molecular weight excluding hydrogens is 490 g/mol. The van der Waals surface area contributed by atoms with Crippen LogP contribution in [0.1, 0.15) is 15.9 Å². The molecule has 0 saturated heterocycles. The van der Waals surface area contributed by atoms with Gasteiger partial charge in [-0.15, -0.1) is 10.2 Å². The number of hydrogen-bond donors (Lipinski definition) is 2. The zero-order valence-electron chi connectivity index (χ0n) is 18.1. The maximum absolute atomic E-state index is 13.1. The van der Waals surface area contributed by atoms with Crippen molar-refractivity contribution in [2.75, 3.05) is 5.32 Å². The molecule has 4 aromatic rings. The molecule has 0 fully saturated rings. The molecule has 11 heteroatoms. The van der Waals surface area contributed by atoms with Crippen molar-refractivity contribution < 1.29 is 14.5 Å². The Morgan fingerprint density at radius 1 is 0.971 bits per heavy atom. The van der Waals surface area contributed by atoms with Crippen molar-refractivity contribution in [3.63, 3.8) is 0 Å². The Morgan fingerprint density at radius 2 is 1.66 bits per heavy atom. The van der Waals surface area contributed by atoms with Crippen LogP contribution in [0.3, 0.4) is 0 Å². The molecule has 3 aromatic carbocycles. The van der Waals surface area contributed by atoms with Crippen molar-refractivity contribution in [3.8, 4) is 10.6 Å². The Bertz CT molecular complexity index is 1340. The maximum Gasteiger partial charge on any atom is 0.269 e. The number of anilines is 1. The normalized spacial score (nSPS) is 11.5. The number of non-ortho nitro benzene ring substituents is 1. The largest absolute Gasteiger partial charge is 0.340 e. The number of carbonyl (C=O) groups excluding carboxylic acids is 2. The summed E-state index contributed by atoms with van der Waals surface area (Å²) >= 11 is 7.12. The van der Waals surface area contributed by atoms with Gasteiger partial charge in [-0.05, 0) is 29.8 Å². The van der Waals surface area contributed by atoms with Gasteiger partial charge in [-0.1, -0.05) is 65.4 Å². The molecule has 0 spiro atoms. The van der Waals surface area contributed by atoms with Crippen LogP contribution < -0.4 is 10.6 Å². The fourth-order valence-electron chi connectivity index (χ4n) is 3.21. The Kier molecular flexibility index (Phi) is 7.44. The number of amides is 2. The van der Waals surface area contributed by atoms with Crippen molar-refractivity contribution >= 4 is 45.6 Å². The zero-order valence-corrected chi connectivity index (χ0v) is 19.6. The lowest BCUT2D eigenvalue weighted by atomic mass is 10.0.